The quantitative estimate of drug-likeness (QED) is 0.738. The van der Waals surface area contributed by atoms with E-state index >= 15 is 0 Å². The lowest BCUT2D eigenvalue weighted by molar-refractivity contribution is 0.0697. The second-order valence-electron chi connectivity index (χ2n) is 3.82. The van der Waals surface area contributed by atoms with Crippen LogP contribution in [0.5, 0.6) is 0 Å². The van der Waals surface area contributed by atoms with Crippen LogP contribution >= 0.6 is 0 Å². The van der Waals surface area contributed by atoms with Gasteiger partial charge in [-0.3, -0.25) is 0 Å². The number of carboxylic acid groups (broad SMARTS) is 1. The molecule has 8 heteroatoms. The first kappa shape index (κ1) is 11.3. The molecule has 0 spiro atoms. The van der Waals surface area contributed by atoms with Crippen LogP contribution in [0.2, 0.25) is 0 Å². The summed E-state index contributed by atoms with van der Waals surface area (Å²) >= 11 is 0. The molecule has 0 radical (unpaired) electrons. The molecule has 0 aliphatic rings. The molecule has 1 aromatic carbocycles. The summed E-state index contributed by atoms with van der Waals surface area (Å²) < 4.78 is 27.6. The highest BCUT2D eigenvalue weighted by Crippen LogP contribution is 2.18. The van der Waals surface area contributed by atoms with Gasteiger partial charge in [0.25, 0.3) is 0 Å². The van der Waals surface area contributed by atoms with Crippen molar-refractivity contribution < 1.29 is 18.7 Å². The Kier molecular flexibility index (Phi) is 2.31. The second-order valence-corrected chi connectivity index (χ2v) is 3.82. The maximum atomic E-state index is 13.5. The van der Waals surface area contributed by atoms with Crippen LogP contribution in [0, 0.1) is 11.6 Å². The molecular formula is C11H6F2N4O2. The molecule has 6 nitrogen and oxygen atoms in total. The zero-order chi connectivity index (χ0) is 13.6. The Morgan fingerprint density at radius 2 is 2.16 bits per heavy atom. The standard InChI is InChI=1S/C11H6F2N4O2/c12-6-1-7(13)9-8(2-6)15-11(16-9)17-4-5(3-14-17)10(18)19/h1-4H,(H,15,16)(H,18,19). The molecule has 0 fully saturated rings. The van der Waals surface area contributed by atoms with E-state index in [1.807, 2.05) is 0 Å². The summed E-state index contributed by atoms with van der Waals surface area (Å²) in [6.45, 7) is 0. The van der Waals surface area contributed by atoms with Crippen molar-refractivity contribution in [2.75, 3.05) is 0 Å². The van der Waals surface area contributed by atoms with E-state index in [9.17, 15) is 13.6 Å². The third kappa shape index (κ3) is 1.82. The topological polar surface area (TPSA) is 83.8 Å². The number of rotatable bonds is 2. The number of hydrogen-bond acceptors (Lipinski definition) is 3. The van der Waals surface area contributed by atoms with Crippen LogP contribution in [0.4, 0.5) is 8.78 Å². The smallest absolute Gasteiger partial charge is 0.338 e. The lowest BCUT2D eigenvalue weighted by Crippen LogP contribution is -1.97. The minimum absolute atomic E-state index is 0.0351. The highest BCUT2D eigenvalue weighted by atomic mass is 19.1. The molecule has 2 heterocycles. The number of carboxylic acids is 1. The van der Waals surface area contributed by atoms with E-state index in [2.05, 4.69) is 15.1 Å². The summed E-state index contributed by atoms with van der Waals surface area (Å²) in [5, 5.41) is 12.6. The first-order valence-electron chi connectivity index (χ1n) is 5.17. The van der Waals surface area contributed by atoms with E-state index in [1.165, 1.54) is 6.20 Å². The minimum Gasteiger partial charge on any atom is -0.478 e. The van der Waals surface area contributed by atoms with E-state index in [-0.39, 0.29) is 22.5 Å². The van der Waals surface area contributed by atoms with E-state index in [1.54, 1.807) is 0 Å². The van der Waals surface area contributed by atoms with Gasteiger partial charge in [0.1, 0.15) is 11.3 Å². The largest absolute Gasteiger partial charge is 0.478 e. The lowest BCUT2D eigenvalue weighted by atomic mass is 10.3. The molecule has 0 saturated heterocycles. The van der Waals surface area contributed by atoms with Crippen molar-refractivity contribution in [3.63, 3.8) is 0 Å². The monoisotopic (exact) mass is 264 g/mol. The molecule has 3 rings (SSSR count). The predicted molar refractivity (Wildman–Crippen MR) is 60.1 cm³/mol. The molecule has 96 valence electrons. The summed E-state index contributed by atoms with van der Waals surface area (Å²) in [4.78, 5) is 17.3. The first-order chi connectivity index (χ1) is 9.04. The van der Waals surface area contributed by atoms with Crippen LogP contribution < -0.4 is 0 Å². The van der Waals surface area contributed by atoms with Gasteiger partial charge in [-0.25, -0.2) is 23.2 Å². The Balaban J connectivity index is 2.14. The molecule has 2 aromatic heterocycles. The number of nitrogens with one attached hydrogen (secondary N) is 1. The SMILES string of the molecule is O=C(O)c1cnn(-c2nc3c(F)cc(F)cc3[nH]2)c1. The Morgan fingerprint density at radius 1 is 1.37 bits per heavy atom. The fourth-order valence-electron chi connectivity index (χ4n) is 1.69. The van der Waals surface area contributed by atoms with Gasteiger partial charge in [-0.15, -0.1) is 0 Å². The number of aromatic nitrogens is 4. The maximum Gasteiger partial charge on any atom is 0.338 e. The van der Waals surface area contributed by atoms with Crippen LogP contribution in [0.15, 0.2) is 24.5 Å². The zero-order valence-electron chi connectivity index (χ0n) is 9.26. The van der Waals surface area contributed by atoms with Gasteiger partial charge in [0, 0.05) is 12.3 Å². The fourth-order valence-corrected chi connectivity index (χ4v) is 1.69. The Morgan fingerprint density at radius 3 is 2.84 bits per heavy atom. The lowest BCUT2D eigenvalue weighted by Gasteiger charge is -1.92. The van der Waals surface area contributed by atoms with Crippen molar-refractivity contribution in [3.8, 4) is 5.95 Å². The second kappa shape index (κ2) is 3.87. The summed E-state index contributed by atoms with van der Waals surface area (Å²) in [5.74, 6) is -2.57. The maximum absolute atomic E-state index is 13.5. The van der Waals surface area contributed by atoms with Crippen LogP contribution in [0.25, 0.3) is 17.0 Å². The van der Waals surface area contributed by atoms with Gasteiger partial charge < -0.3 is 10.1 Å². The van der Waals surface area contributed by atoms with Crippen molar-refractivity contribution in [2.45, 2.75) is 0 Å². The number of H-pyrrole nitrogens is 1. The summed E-state index contributed by atoms with van der Waals surface area (Å²) in [7, 11) is 0. The van der Waals surface area contributed by atoms with Crippen molar-refractivity contribution in [1.82, 2.24) is 19.7 Å². The first-order valence-corrected chi connectivity index (χ1v) is 5.17. The number of aromatic carboxylic acids is 1. The molecular weight excluding hydrogens is 258 g/mol. The average Bonchev–Trinajstić information content (AvgIpc) is 2.92. The van der Waals surface area contributed by atoms with Crippen molar-refractivity contribution in [1.29, 1.82) is 0 Å². The molecule has 0 aliphatic heterocycles. The van der Waals surface area contributed by atoms with Crippen molar-refractivity contribution in [2.24, 2.45) is 0 Å². The van der Waals surface area contributed by atoms with Crippen molar-refractivity contribution in [3.05, 3.63) is 41.7 Å². The molecule has 3 aromatic rings. The fraction of sp³-hybridized carbons (Fsp3) is 0. The predicted octanol–water partition coefficient (Wildman–Crippen LogP) is 1.72. The summed E-state index contributed by atoms with van der Waals surface area (Å²) in [6, 6.07) is 1.81. The molecule has 0 amide bonds. The molecule has 0 unspecified atom stereocenters. The van der Waals surface area contributed by atoms with Gasteiger partial charge in [-0.05, 0) is 6.07 Å². The third-order valence-electron chi connectivity index (χ3n) is 2.54. The highest BCUT2D eigenvalue weighted by molar-refractivity contribution is 5.87. The van der Waals surface area contributed by atoms with Gasteiger partial charge in [-0.2, -0.15) is 5.10 Å². The summed E-state index contributed by atoms with van der Waals surface area (Å²) in [5.41, 5.74) is 0.0933. The normalized spacial score (nSPS) is 11.1. The Hall–Kier alpha value is -2.77. The molecule has 0 atom stereocenters. The number of nitrogens with zero attached hydrogens (tertiary/aromatic N) is 3. The van der Waals surface area contributed by atoms with Crippen LogP contribution in [0.3, 0.4) is 0 Å². The molecule has 0 saturated carbocycles. The van der Waals surface area contributed by atoms with E-state index in [0.29, 0.717) is 0 Å². The van der Waals surface area contributed by atoms with Crippen LogP contribution in [-0.2, 0) is 0 Å². The van der Waals surface area contributed by atoms with E-state index in [0.717, 1.165) is 23.0 Å². The molecule has 2 N–H and O–H groups in total. The van der Waals surface area contributed by atoms with Crippen LogP contribution in [0.1, 0.15) is 10.4 Å². The zero-order valence-corrected chi connectivity index (χ0v) is 9.26. The number of benzene rings is 1. The van der Waals surface area contributed by atoms with E-state index in [4.69, 9.17) is 5.11 Å². The summed E-state index contributed by atoms with van der Waals surface area (Å²) in [6.07, 6.45) is 2.35. The number of fused-ring (bicyclic) bond motifs is 1. The van der Waals surface area contributed by atoms with Gasteiger partial charge in [0.05, 0.1) is 17.3 Å². The average molecular weight is 264 g/mol. The molecule has 0 aliphatic carbocycles. The number of hydrogen-bond donors (Lipinski definition) is 2. The van der Waals surface area contributed by atoms with Gasteiger partial charge in [0.15, 0.2) is 5.82 Å². The molecule has 0 bridgehead atoms. The molecule has 19 heavy (non-hydrogen) atoms. The number of halogens is 2. The number of carbonyl (C=O) groups is 1. The number of imidazole rings is 1. The third-order valence-corrected chi connectivity index (χ3v) is 2.54. The van der Waals surface area contributed by atoms with Gasteiger partial charge in [0.2, 0.25) is 5.95 Å². The Labute approximate surface area is 104 Å². The van der Waals surface area contributed by atoms with E-state index < -0.39 is 17.6 Å². The van der Waals surface area contributed by atoms with Gasteiger partial charge in [-0.1, -0.05) is 0 Å². The number of aromatic amines is 1. The Bertz CT molecular complexity index is 793. The minimum atomic E-state index is -1.14. The highest BCUT2D eigenvalue weighted by Gasteiger charge is 2.13. The van der Waals surface area contributed by atoms with Crippen LogP contribution in [-0.4, -0.2) is 30.8 Å². The van der Waals surface area contributed by atoms with Gasteiger partial charge >= 0.3 is 5.97 Å². The van der Waals surface area contributed by atoms with Crippen molar-refractivity contribution >= 4 is 17.0 Å².